The second kappa shape index (κ2) is 6.80. The zero-order chi connectivity index (χ0) is 16.2. The van der Waals surface area contributed by atoms with Gasteiger partial charge in [0.25, 0.3) is 0 Å². The highest BCUT2D eigenvalue weighted by Crippen LogP contribution is 2.19. The van der Waals surface area contributed by atoms with Crippen molar-refractivity contribution in [3.63, 3.8) is 0 Å². The van der Waals surface area contributed by atoms with Gasteiger partial charge in [-0.2, -0.15) is 18.3 Å². The fourth-order valence-electron chi connectivity index (χ4n) is 2.36. The average Bonchev–Trinajstić information content (AvgIpc) is 2.97. The lowest BCUT2D eigenvalue weighted by atomic mass is 9.96. The summed E-state index contributed by atoms with van der Waals surface area (Å²) >= 11 is 0. The maximum atomic E-state index is 12.1. The molecule has 6 nitrogen and oxygen atoms in total. The van der Waals surface area contributed by atoms with Crippen molar-refractivity contribution < 1.29 is 22.8 Å². The van der Waals surface area contributed by atoms with Crippen LogP contribution < -0.4 is 5.32 Å². The molecule has 9 heteroatoms. The standard InChI is InChI=1S/C13H17F3N4O2/c14-13(15,16)9-17-12(22)10-2-6-19(7-3-10)11(21)8-20-5-1-4-18-20/h1,4-5,10H,2-3,6-9H2,(H,17,22). The lowest BCUT2D eigenvalue weighted by Crippen LogP contribution is -2.45. The summed E-state index contributed by atoms with van der Waals surface area (Å²) in [6.45, 7) is -0.462. The van der Waals surface area contributed by atoms with E-state index < -0.39 is 24.5 Å². The molecule has 0 radical (unpaired) electrons. The number of aromatic nitrogens is 2. The Balaban J connectivity index is 1.75. The van der Waals surface area contributed by atoms with E-state index in [1.165, 1.54) is 4.68 Å². The van der Waals surface area contributed by atoms with Crippen molar-refractivity contribution >= 4 is 11.8 Å². The summed E-state index contributed by atoms with van der Waals surface area (Å²) in [5.74, 6) is -1.19. The monoisotopic (exact) mass is 318 g/mol. The van der Waals surface area contributed by atoms with Crippen LogP contribution in [0.1, 0.15) is 12.8 Å². The van der Waals surface area contributed by atoms with E-state index in [0.29, 0.717) is 25.9 Å². The molecule has 1 aliphatic rings. The summed E-state index contributed by atoms with van der Waals surface area (Å²) in [6.07, 6.45) is -0.418. The van der Waals surface area contributed by atoms with Gasteiger partial charge in [-0.1, -0.05) is 0 Å². The number of carbonyl (C=O) groups excluding carboxylic acids is 2. The van der Waals surface area contributed by atoms with E-state index in [0.717, 1.165) is 0 Å². The Morgan fingerprint density at radius 1 is 1.27 bits per heavy atom. The fourth-order valence-corrected chi connectivity index (χ4v) is 2.36. The number of likely N-dealkylation sites (tertiary alicyclic amines) is 1. The topological polar surface area (TPSA) is 67.2 Å². The number of rotatable bonds is 4. The van der Waals surface area contributed by atoms with Crippen molar-refractivity contribution in [3.8, 4) is 0 Å². The predicted molar refractivity (Wildman–Crippen MR) is 70.6 cm³/mol. The quantitative estimate of drug-likeness (QED) is 0.893. The SMILES string of the molecule is O=C(NCC(F)(F)F)C1CCN(C(=O)Cn2cccn2)CC1. The van der Waals surface area contributed by atoms with Gasteiger partial charge in [-0.15, -0.1) is 0 Å². The molecule has 0 saturated carbocycles. The Morgan fingerprint density at radius 3 is 2.50 bits per heavy atom. The molecular formula is C13H17F3N4O2. The van der Waals surface area contributed by atoms with Gasteiger partial charge in [-0.05, 0) is 18.9 Å². The minimum absolute atomic E-state index is 0.113. The molecule has 0 spiro atoms. The van der Waals surface area contributed by atoms with Crippen LogP contribution in [0.3, 0.4) is 0 Å². The van der Waals surface area contributed by atoms with E-state index in [2.05, 4.69) is 5.10 Å². The fraction of sp³-hybridized carbons (Fsp3) is 0.615. The number of halogens is 3. The number of nitrogens with zero attached hydrogens (tertiary/aromatic N) is 3. The molecule has 2 rings (SSSR count). The van der Waals surface area contributed by atoms with E-state index in [1.807, 2.05) is 5.32 Å². The number of hydrogen-bond donors (Lipinski definition) is 1. The van der Waals surface area contributed by atoms with Gasteiger partial charge in [0.15, 0.2) is 0 Å². The first-order chi connectivity index (χ1) is 10.3. The molecule has 1 saturated heterocycles. The summed E-state index contributed by atoms with van der Waals surface area (Å²) in [4.78, 5) is 25.3. The Morgan fingerprint density at radius 2 is 1.95 bits per heavy atom. The van der Waals surface area contributed by atoms with Crippen molar-refractivity contribution in [1.82, 2.24) is 20.0 Å². The van der Waals surface area contributed by atoms with Crippen LogP contribution in [-0.2, 0) is 16.1 Å². The Bertz CT molecular complexity index is 508. The molecule has 1 aromatic rings. The summed E-state index contributed by atoms with van der Waals surface area (Å²) < 4.78 is 37.7. The van der Waals surface area contributed by atoms with Gasteiger partial charge in [0.2, 0.25) is 11.8 Å². The number of nitrogens with one attached hydrogen (secondary N) is 1. The third-order valence-electron chi connectivity index (χ3n) is 3.54. The molecule has 22 heavy (non-hydrogen) atoms. The second-order valence-corrected chi connectivity index (χ2v) is 5.19. The molecule has 2 heterocycles. The molecule has 0 aliphatic carbocycles. The normalized spacial score (nSPS) is 16.6. The van der Waals surface area contributed by atoms with E-state index in [4.69, 9.17) is 0 Å². The second-order valence-electron chi connectivity index (χ2n) is 5.19. The molecule has 1 aliphatic heterocycles. The van der Waals surface area contributed by atoms with Gasteiger partial charge in [-0.3, -0.25) is 14.3 Å². The first-order valence-electron chi connectivity index (χ1n) is 6.95. The van der Waals surface area contributed by atoms with Crippen molar-refractivity contribution in [2.24, 2.45) is 5.92 Å². The maximum absolute atomic E-state index is 12.1. The average molecular weight is 318 g/mol. The van der Waals surface area contributed by atoms with E-state index >= 15 is 0 Å². The largest absolute Gasteiger partial charge is 0.405 e. The summed E-state index contributed by atoms with van der Waals surface area (Å²) in [7, 11) is 0. The van der Waals surface area contributed by atoms with Crippen LogP contribution >= 0.6 is 0 Å². The molecule has 2 amide bonds. The molecule has 0 atom stereocenters. The highest BCUT2D eigenvalue weighted by Gasteiger charge is 2.31. The summed E-state index contributed by atoms with van der Waals surface area (Å²) in [5.41, 5.74) is 0. The van der Waals surface area contributed by atoms with Crippen LogP contribution in [0.4, 0.5) is 13.2 Å². The van der Waals surface area contributed by atoms with Crippen molar-refractivity contribution in [3.05, 3.63) is 18.5 Å². The Hall–Kier alpha value is -2.06. The lowest BCUT2D eigenvalue weighted by Gasteiger charge is -2.31. The molecule has 0 aromatic carbocycles. The van der Waals surface area contributed by atoms with Crippen molar-refractivity contribution in [2.45, 2.75) is 25.6 Å². The minimum atomic E-state index is -4.41. The number of hydrogen-bond acceptors (Lipinski definition) is 3. The summed E-state index contributed by atoms with van der Waals surface area (Å²) in [6, 6.07) is 1.71. The van der Waals surface area contributed by atoms with Crippen molar-refractivity contribution in [2.75, 3.05) is 19.6 Å². The lowest BCUT2D eigenvalue weighted by molar-refractivity contribution is -0.143. The van der Waals surface area contributed by atoms with Gasteiger partial charge >= 0.3 is 6.18 Å². The van der Waals surface area contributed by atoms with Gasteiger partial charge in [0, 0.05) is 31.4 Å². The van der Waals surface area contributed by atoms with Crippen LogP contribution in [0.2, 0.25) is 0 Å². The molecule has 0 unspecified atom stereocenters. The minimum Gasteiger partial charge on any atom is -0.347 e. The zero-order valence-electron chi connectivity index (χ0n) is 11.8. The maximum Gasteiger partial charge on any atom is 0.405 e. The first-order valence-corrected chi connectivity index (χ1v) is 6.95. The third kappa shape index (κ3) is 4.74. The number of carbonyl (C=O) groups is 2. The smallest absolute Gasteiger partial charge is 0.347 e. The number of amides is 2. The van der Waals surface area contributed by atoms with E-state index in [9.17, 15) is 22.8 Å². The van der Waals surface area contributed by atoms with Gasteiger partial charge in [0.1, 0.15) is 13.1 Å². The molecule has 1 fully saturated rings. The third-order valence-corrected chi connectivity index (χ3v) is 3.54. The predicted octanol–water partition coefficient (Wildman–Crippen LogP) is 0.800. The van der Waals surface area contributed by atoms with Gasteiger partial charge in [-0.25, -0.2) is 0 Å². The Kier molecular flexibility index (Phi) is 5.04. The van der Waals surface area contributed by atoms with Crippen LogP contribution in [0.15, 0.2) is 18.5 Å². The number of alkyl halides is 3. The van der Waals surface area contributed by atoms with Crippen LogP contribution in [-0.4, -0.2) is 52.3 Å². The number of piperidine rings is 1. The van der Waals surface area contributed by atoms with Crippen LogP contribution in [0.5, 0.6) is 0 Å². The van der Waals surface area contributed by atoms with Crippen molar-refractivity contribution in [1.29, 1.82) is 0 Å². The highest BCUT2D eigenvalue weighted by atomic mass is 19.4. The summed E-state index contributed by atoms with van der Waals surface area (Å²) in [5, 5.41) is 5.83. The van der Waals surface area contributed by atoms with E-state index in [-0.39, 0.29) is 12.5 Å². The van der Waals surface area contributed by atoms with E-state index in [1.54, 1.807) is 23.4 Å². The highest BCUT2D eigenvalue weighted by molar-refractivity contribution is 5.80. The van der Waals surface area contributed by atoms with Crippen LogP contribution in [0, 0.1) is 5.92 Å². The molecular weight excluding hydrogens is 301 g/mol. The molecule has 1 aromatic heterocycles. The molecule has 122 valence electrons. The first kappa shape index (κ1) is 16.3. The van der Waals surface area contributed by atoms with Gasteiger partial charge in [0.05, 0.1) is 0 Å². The van der Waals surface area contributed by atoms with Gasteiger partial charge < -0.3 is 10.2 Å². The zero-order valence-corrected chi connectivity index (χ0v) is 11.8. The Labute approximate surface area is 125 Å². The molecule has 1 N–H and O–H groups in total. The van der Waals surface area contributed by atoms with Crippen LogP contribution in [0.25, 0.3) is 0 Å². The molecule has 0 bridgehead atoms.